The highest BCUT2D eigenvalue weighted by Gasteiger charge is 2.03. The molecule has 2 heteroatoms. The molecule has 13 heavy (non-hydrogen) atoms. The fourth-order valence-electron chi connectivity index (χ4n) is 1.36. The van der Waals surface area contributed by atoms with E-state index in [9.17, 15) is 5.11 Å². The normalized spacial score (nSPS) is 13.2. The molecule has 0 N–H and O–H groups in total. The lowest BCUT2D eigenvalue weighted by atomic mass is 10.1. The SMILES string of the molecule is CCCCCCCCC([O])OCC. The van der Waals surface area contributed by atoms with Crippen molar-refractivity contribution in [2.24, 2.45) is 0 Å². The van der Waals surface area contributed by atoms with Crippen molar-refractivity contribution in [1.82, 2.24) is 0 Å². The molecule has 0 amide bonds. The summed E-state index contributed by atoms with van der Waals surface area (Å²) in [6.45, 7) is 4.62. The van der Waals surface area contributed by atoms with E-state index < -0.39 is 6.29 Å². The first-order chi connectivity index (χ1) is 6.31. The molecule has 0 bridgehead atoms. The van der Waals surface area contributed by atoms with Gasteiger partial charge in [0.15, 0.2) is 6.29 Å². The molecule has 0 spiro atoms. The molecule has 2 nitrogen and oxygen atoms in total. The predicted octanol–water partition coefficient (Wildman–Crippen LogP) is 3.53. The molecule has 0 heterocycles. The van der Waals surface area contributed by atoms with Crippen LogP contribution in [-0.2, 0) is 9.84 Å². The first-order valence-corrected chi connectivity index (χ1v) is 5.58. The molecule has 1 radical (unpaired) electrons. The van der Waals surface area contributed by atoms with Gasteiger partial charge in [-0.2, -0.15) is 0 Å². The average molecular weight is 187 g/mol. The van der Waals surface area contributed by atoms with Crippen molar-refractivity contribution in [2.45, 2.75) is 65.1 Å². The van der Waals surface area contributed by atoms with E-state index >= 15 is 0 Å². The third-order valence-electron chi connectivity index (χ3n) is 2.15. The Kier molecular flexibility index (Phi) is 9.94. The zero-order valence-electron chi connectivity index (χ0n) is 9.05. The van der Waals surface area contributed by atoms with Gasteiger partial charge in [-0.05, 0) is 13.3 Å². The first-order valence-electron chi connectivity index (χ1n) is 5.58. The van der Waals surface area contributed by atoms with E-state index in [2.05, 4.69) is 6.92 Å². The Bertz CT molecular complexity index is 94.1. The van der Waals surface area contributed by atoms with Crippen LogP contribution in [0.2, 0.25) is 0 Å². The van der Waals surface area contributed by atoms with E-state index in [0.29, 0.717) is 13.0 Å². The second kappa shape index (κ2) is 10.0. The van der Waals surface area contributed by atoms with Crippen LogP contribution in [0.15, 0.2) is 0 Å². The standard InChI is InChI=1S/C11H23O2/c1-3-5-6-7-8-9-10-11(12)13-4-2/h11H,3-10H2,1-2H3. The summed E-state index contributed by atoms with van der Waals surface area (Å²) in [7, 11) is 0. The zero-order valence-corrected chi connectivity index (χ0v) is 9.05. The summed E-state index contributed by atoms with van der Waals surface area (Å²) >= 11 is 0. The summed E-state index contributed by atoms with van der Waals surface area (Å²) in [5.41, 5.74) is 0. The van der Waals surface area contributed by atoms with Gasteiger partial charge in [-0.1, -0.05) is 39.0 Å². The van der Waals surface area contributed by atoms with E-state index in [0.717, 1.165) is 6.42 Å². The lowest BCUT2D eigenvalue weighted by Crippen LogP contribution is -2.09. The molecule has 0 saturated carbocycles. The molecular weight excluding hydrogens is 164 g/mol. The van der Waals surface area contributed by atoms with Crippen molar-refractivity contribution >= 4 is 0 Å². The van der Waals surface area contributed by atoms with Crippen LogP contribution in [0.25, 0.3) is 0 Å². The van der Waals surface area contributed by atoms with Crippen molar-refractivity contribution < 1.29 is 9.84 Å². The lowest BCUT2D eigenvalue weighted by molar-refractivity contribution is -0.140. The molecule has 0 rings (SSSR count). The molecule has 79 valence electrons. The van der Waals surface area contributed by atoms with Crippen molar-refractivity contribution in [3.63, 3.8) is 0 Å². The molecule has 0 aromatic rings. The molecule has 1 atom stereocenters. The van der Waals surface area contributed by atoms with Gasteiger partial charge in [0.25, 0.3) is 0 Å². The van der Waals surface area contributed by atoms with E-state index in [4.69, 9.17) is 4.74 Å². The summed E-state index contributed by atoms with van der Waals surface area (Å²) in [5.74, 6) is 0. The Morgan fingerprint density at radius 1 is 1.00 bits per heavy atom. The summed E-state index contributed by atoms with van der Waals surface area (Å²) < 4.78 is 4.91. The number of hydrogen-bond acceptors (Lipinski definition) is 1. The van der Waals surface area contributed by atoms with Gasteiger partial charge in [0.05, 0.1) is 0 Å². The maximum absolute atomic E-state index is 11.0. The van der Waals surface area contributed by atoms with Gasteiger partial charge in [-0.15, -0.1) is 0 Å². The summed E-state index contributed by atoms with van der Waals surface area (Å²) in [6.07, 6.45) is 7.30. The van der Waals surface area contributed by atoms with E-state index in [1.165, 1.54) is 32.1 Å². The van der Waals surface area contributed by atoms with E-state index in [-0.39, 0.29) is 0 Å². The third kappa shape index (κ3) is 9.84. The Morgan fingerprint density at radius 3 is 2.23 bits per heavy atom. The van der Waals surface area contributed by atoms with E-state index in [1.807, 2.05) is 6.92 Å². The van der Waals surface area contributed by atoms with Crippen LogP contribution < -0.4 is 0 Å². The molecule has 0 aromatic heterocycles. The second-order valence-corrected chi connectivity index (χ2v) is 3.44. The van der Waals surface area contributed by atoms with Crippen LogP contribution in [0.3, 0.4) is 0 Å². The first kappa shape index (κ1) is 12.9. The Hall–Kier alpha value is -0.0800. The molecule has 0 aromatic carbocycles. The largest absolute Gasteiger partial charge is 0.350 e. The van der Waals surface area contributed by atoms with Gasteiger partial charge in [-0.25, -0.2) is 5.11 Å². The number of ether oxygens (including phenoxy) is 1. The molecule has 1 unspecified atom stereocenters. The monoisotopic (exact) mass is 187 g/mol. The van der Waals surface area contributed by atoms with Crippen LogP contribution in [0, 0.1) is 0 Å². The minimum Gasteiger partial charge on any atom is -0.350 e. The zero-order chi connectivity index (χ0) is 9.94. The van der Waals surface area contributed by atoms with Crippen LogP contribution in [0.4, 0.5) is 0 Å². The summed E-state index contributed by atoms with van der Waals surface area (Å²) in [6, 6.07) is 0. The third-order valence-corrected chi connectivity index (χ3v) is 2.15. The Morgan fingerprint density at radius 2 is 1.62 bits per heavy atom. The molecule has 0 aliphatic rings. The Labute approximate surface area is 82.3 Å². The number of unbranched alkanes of at least 4 members (excludes halogenated alkanes) is 5. The summed E-state index contributed by atoms with van der Waals surface area (Å²) in [4.78, 5) is 0. The Balaban J connectivity index is 2.97. The van der Waals surface area contributed by atoms with Crippen molar-refractivity contribution in [2.75, 3.05) is 6.61 Å². The fourth-order valence-corrected chi connectivity index (χ4v) is 1.36. The molecular formula is C11H23O2. The smallest absolute Gasteiger partial charge is 0.191 e. The van der Waals surface area contributed by atoms with Gasteiger partial charge in [0.1, 0.15) is 0 Å². The van der Waals surface area contributed by atoms with Gasteiger partial charge in [0.2, 0.25) is 0 Å². The molecule has 0 aliphatic carbocycles. The number of hydrogen-bond donors (Lipinski definition) is 0. The highest BCUT2D eigenvalue weighted by atomic mass is 16.6. The van der Waals surface area contributed by atoms with Gasteiger partial charge < -0.3 is 4.74 Å². The molecule has 0 fully saturated rings. The highest BCUT2D eigenvalue weighted by Crippen LogP contribution is 2.09. The van der Waals surface area contributed by atoms with Gasteiger partial charge in [0, 0.05) is 13.0 Å². The van der Waals surface area contributed by atoms with Gasteiger partial charge >= 0.3 is 0 Å². The maximum Gasteiger partial charge on any atom is 0.191 e. The van der Waals surface area contributed by atoms with Crippen LogP contribution in [-0.4, -0.2) is 12.9 Å². The topological polar surface area (TPSA) is 29.1 Å². The summed E-state index contributed by atoms with van der Waals surface area (Å²) in [5, 5.41) is 11.0. The maximum atomic E-state index is 11.0. The minimum absolute atomic E-state index is 0.546. The highest BCUT2D eigenvalue weighted by molar-refractivity contribution is 4.46. The van der Waals surface area contributed by atoms with Crippen molar-refractivity contribution in [1.29, 1.82) is 0 Å². The fraction of sp³-hybridized carbons (Fsp3) is 1.00. The van der Waals surface area contributed by atoms with E-state index in [1.54, 1.807) is 0 Å². The predicted molar refractivity (Wildman–Crippen MR) is 54.1 cm³/mol. The molecule has 0 aliphatic heterocycles. The second-order valence-electron chi connectivity index (χ2n) is 3.44. The van der Waals surface area contributed by atoms with Crippen LogP contribution >= 0.6 is 0 Å². The van der Waals surface area contributed by atoms with Gasteiger partial charge in [-0.3, -0.25) is 0 Å². The van der Waals surface area contributed by atoms with Crippen LogP contribution in [0.1, 0.15) is 58.8 Å². The van der Waals surface area contributed by atoms with Crippen molar-refractivity contribution in [3.05, 3.63) is 0 Å². The lowest BCUT2D eigenvalue weighted by Gasteiger charge is -2.07. The van der Waals surface area contributed by atoms with Crippen LogP contribution in [0.5, 0.6) is 0 Å². The quantitative estimate of drug-likeness (QED) is 0.401. The van der Waals surface area contributed by atoms with Crippen molar-refractivity contribution in [3.8, 4) is 0 Å². The number of rotatable bonds is 9. The average Bonchev–Trinajstić information content (AvgIpc) is 2.11. The minimum atomic E-state index is -0.781. The molecule has 0 saturated heterocycles.